The maximum Gasteiger partial charge on any atom is 0.158 e. The summed E-state index contributed by atoms with van der Waals surface area (Å²) in [7, 11) is 0. The lowest BCUT2D eigenvalue weighted by atomic mass is 10.1. The molecule has 0 aliphatic rings. The molecule has 0 aliphatic carbocycles. The van der Waals surface area contributed by atoms with E-state index < -0.39 is 6.10 Å². The van der Waals surface area contributed by atoms with E-state index in [-0.39, 0.29) is 0 Å². The van der Waals surface area contributed by atoms with E-state index in [1.165, 1.54) is 0 Å². The largest absolute Gasteiger partial charge is 0.385 e. The van der Waals surface area contributed by atoms with Gasteiger partial charge in [-0.2, -0.15) is 9.61 Å². The highest BCUT2D eigenvalue weighted by Crippen LogP contribution is 2.23. The number of nitrogens with zero attached hydrogens (tertiary/aromatic N) is 4. The average Bonchev–Trinajstić information content (AvgIpc) is 3.07. The number of anilines is 1. The topological polar surface area (TPSA) is 75.3 Å². The van der Waals surface area contributed by atoms with Crippen LogP contribution in [-0.4, -0.2) is 31.2 Å². The highest BCUT2D eigenvalue weighted by molar-refractivity contribution is 5.66. The summed E-state index contributed by atoms with van der Waals surface area (Å²) in [6.07, 6.45) is 0.962. The first-order valence-electron chi connectivity index (χ1n) is 8.46. The summed E-state index contributed by atoms with van der Waals surface area (Å²) in [4.78, 5) is 8.90. The van der Waals surface area contributed by atoms with Crippen LogP contribution in [0, 0.1) is 6.92 Å². The molecule has 3 aromatic heterocycles. The number of fused-ring (bicyclic) bond motifs is 1. The second-order valence-corrected chi connectivity index (χ2v) is 6.10. The maximum absolute atomic E-state index is 10.4. The molecular weight excluding hydrogens is 326 g/mol. The zero-order valence-corrected chi connectivity index (χ0v) is 14.4. The quantitative estimate of drug-likeness (QED) is 0.581. The van der Waals surface area contributed by atoms with Gasteiger partial charge in [0, 0.05) is 30.4 Å². The van der Waals surface area contributed by atoms with Crippen molar-refractivity contribution in [2.75, 3.05) is 11.9 Å². The van der Waals surface area contributed by atoms with Gasteiger partial charge in [-0.1, -0.05) is 36.4 Å². The summed E-state index contributed by atoms with van der Waals surface area (Å²) in [6, 6.07) is 19.4. The molecular formula is C20H19N5O. The van der Waals surface area contributed by atoms with Crippen molar-refractivity contribution in [3.63, 3.8) is 0 Å². The monoisotopic (exact) mass is 345 g/mol. The van der Waals surface area contributed by atoms with Gasteiger partial charge in [0.15, 0.2) is 5.65 Å². The summed E-state index contributed by atoms with van der Waals surface area (Å²) in [5.41, 5.74) is 4.16. The maximum atomic E-state index is 10.4. The normalized spacial score (nSPS) is 12.2. The second-order valence-electron chi connectivity index (χ2n) is 6.10. The molecule has 4 aromatic rings. The predicted octanol–water partition coefficient (Wildman–Crippen LogP) is 3.25. The van der Waals surface area contributed by atoms with Gasteiger partial charge in [-0.05, 0) is 19.1 Å². The van der Waals surface area contributed by atoms with Gasteiger partial charge in [-0.3, -0.25) is 4.98 Å². The van der Waals surface area contributed by atoms with Crippen molar-refractivity contribution >= 4 is 11.5 Å². The van der Waals surface area contributed by atoms with Gasteiger partial charge in [0.25, 0.3) is 0 Å². The Labute approximate surface area is 151 Å². The van der Waals surface area contributed by atoms with Crippen LogP contribution in [0.15, 0.2) is 66.9 Å². The molecule has 0 radical (unpaired) electrons. The van der Waals surface area contributed by atoms with Crippen molar-refractivity contribution in [3.8, 4) is 11.3 Å². The minimum atomic E-state index is -0.712. The number of hydrogen-bond acceptors (Lipinski definition) is 5. The fourth-order valence-electron chi connectivity index (χ4n) is 2.85. The number of aliphatic hydroxyl groups is 1. The summed E-state index contributed by atoms with van der Waals surface area (Å²) in [6.45, 7) is 2.26. The van der Waals surface area contributed by atoms with Crippen molar-refractivity contribution in [1.82, 2.24) is 19.6 Å². The van der Waals surface area contributed by atoms with Crippen molar-refractivity contribution in [2.45, 2.75) is 13.0 Å². The minimum Gasteiger partial charge on any atom is -0.385 e. The Morgan fingerprint density at radius 3 is 2.65 bits per heavy atom. The van der Waals surface area contributed by atoms with Gasteiger partial charge < -0.3 is 10.4 Å². The Morgan fingerprint density at radius 1 is 1.08 bits per heavy atom. The molecule has 0 saturated heterocycles. The summed E-state index contributed by atoms with van der Waals surface area (Å²) in [5.74, 6) is 0.775. The van der Waals surface area contributed by atoms with Gasteiger partial charge in [0.2, 0.25) is 0 Å². The van der Waals surface area contributed by atoms with E-state index in [1.54, 1.807) is 10.7 Å². The third-order valence-electron chi connectivity index (χ3n) is 4.12. The van der Waals surface area contributed by atoms with E-state index in [2.05, 4.69) is 15.4 Å². The Morgan fingerprint density at radius 2 is 1.88 bits per heavy atom. The van der Waals surface area contributed by atoms with E-state index in [0.29, 0.717) is 12.2 Å². The van der Waals surface area contributed by atoms with Crippen LogP contribution in [0.5, 0.6) is 0 Å². The average molecular weight is 345 g/mol. The Kier molecular flexibility index (Phi) is 4.33. The molecule has 130 valence electrons. The molecule has 4 rings (SSSR count). The molecule has 0 spiro atoms. The molecule has 26 heavy (non-hydrogen) atoms. The fourth-order valence-corrected chi connectivity index (χ4v) is 2.85. The van der Waals surface area contributed by atoms with E-state index in [9.17, 15) is 5.11 Å². The first-order chi connectivity index (χ1) is 12.7. The number of aromatic nitrogens is 4. The summed E-state index contributed by atoms with van der Waals surface area (Å²) in [5, 5.41) is 18.1. The highest BCUT2D eigenvalue weighted by atomic mass is 16.3. The molecule has 1 aromatic carbocycles. The number of pyridine rings is 1. The lowest BCUT2D eigenvalue weighted by Crippen LogP contribution is -2.15. The summed E-state index contributed by atoms with van der Waals surface area (Å²) >= 11 is 0. The zero-order chi connectivity index (χ0) is 17.9. The lowest BCUT2D eigenvalue weighted by Gasteiger charge is -2.14. The van der Waals surface area contributed by atoms with Crippen molar-refractivity contribution in [3.05, 3.63) is 78.2 Å². The Hall–Kier alpha value is -3.25. The van der Waals surface area contributed by atoms with E-state index in [0.717, 1.165) is 28.4 Å². The molecule has 0 fully saturated rings. The van der Waals surface area contributed by atoms with Crippen LogP contribution in [0.25, 0.3) is 16.9 Å². The van der Waals surface area contributed by atoms with Crippen LogP contribution in [-0.2, 0) is 0 Å². The van der Waals surface area contributed by atoms with E-state index >= 15 is 0 Å². The molecule has 0 unspecified atom stereocenters. The molecule has 2 N–H and O–H groups in total. The number of rotatable bonds is 5. The number of benzene rings is 1. The number of aryl methyl sites for hydroxylation is 1. The van der Waals surface area contributed by atoms with Crippen molar-refractivity contribution in [2.24, 2.45) is 0 Å². The smallest absolute Gasteiger partial charge is 0.158 e. The first-order valence-corrected chi connectivity index (χ1v) is 8.46. The van der Waals surface area contributed by atoms with Gasteiger partial charge >= 0.3 is 0 Å². The predicted molar refractivity (Wildman–Crippen MR) is 101 cm³/mol. The zero-order valence-electron chi connectivity index (χ0n) is 14.4. The Bertz CT molecular complexity index is 1010. The first kappa shape index (κ1) is 16.2. The van der Waals surface area contributed by atoms with Crippen LogP contribution in [0.4, 0.5) is 5.82 Å². The lowest BCUT2D eigenvalue weighted by molar-refractivity contribution is 0.186. The van der Waals surface area contributed by atoms with Crippen LogP contribution < -0.4 is 5.32 Å². The molecule has 3 heterocycles. The molecule has 0 aliphatic heterocycles. The van der Waals surface area contributed by atoms with Gasteiger partial charge in [0.05, 0.1) is 17.1 Å². The molecule has 0 amide bonds. The highest BCUT2D eigenvalue weighted by Gasteiger charge is 2.12. The molecule has 1 atom stereocenters. The third-order valence-corrected chi connectivity index (χ3v) is 4.12. The number of hydrogen-bond donors (Lipinski definition) is 2. The Balaban J connectivity index is 1.67. The van der Waals surface area contributed by atoms with Gasteiger partial charge in [-0.15, -0.1) is 0 Å². The fraction of sp³-hybridized carbons (Fsp3) is 0.150. The van der Waals surface area contributed by atoms with Gasteiger partial charge in [-0.25, -0.2) is 4.98 Å². The standard InChI is InChI=1S/C20H19N5O/c1-14-11-20-23-17(15-7-3-2-4-8-15)12-19(25(20)24-14)22-13-18(26)16-9-5-6-10-21-16/h2-12,18,22,26H,13H2,1H3/t18-/m1/s1. The molecule has 6 nitrogen and oxygen atoms in total. The molecule has 0 saturated carbocycles. The minimum absolute atomic E-state index is 0.323. The van der Waals surface area contributed by atoms with E-state index in [4.69, 9.17) is 4.98 Å². The van der Waals surface area contributed by atoms with Gasteiger partial charge in [0.1, 0.15) is 11.9 Å². The molecule has 0 bridgehead atoms. The van der Waals surface area contributed by atoms with Crippen LogP contribution in [0.1, 0.15) is 17.5 Å². The SMILES string of the molecule is Cc1cc2nc(-c3ccccc3)cc(NC[C@@H](O)c3ccccn3)n2n1. The van der Waals surface area contributed by atoms with Crippen LogP contribution >= 0.6 is 0 Å². The second kappa shape index (κ2) is 6.93. The summed E-state index contributed by atoms with van der Waals surface area (Å²) < 4.78 is 1.76. The molecule has 6 heteroatoms. The van der Waals surface area contributed by atoms with Crippen LogP contribution in [0.2, 0.25) is 0 Å². The number of aliphatic hydroxyl groups excluding tert-OH is 1. The van der Waals surface area contributed by atoms with Crippen LogP contribution in [0.3, 0.4) is 0 Å². The van der Waals surface area contributed by atoms with E-state index in [1.807, 2.05) is 67.6 Å². The van der Waals surface area contributed by atoms with Crippen molar-refractivity contribution < 1.29 is 5.11 Å². The van der Waals surface area contributed by atoms with Crippen molar-refractivity contribution in [1.29, 1.82) is 0 Å². The third kappa shape index (κ3) is 3.27. The number of nitrogens with one attached hydrogen (secondary N) is 1.